The zero-order chi connectivity index (χ0) is 16.8. The van der Waals surface area contributed by atoms with E-state index in [1.165, 1.54) is 0 Å². The minimum absolute atomic E-state index is 0.104. The summed E-state index contributed by atoms with van der Waals surface area (Å²) in [5, 5.41) is 5.25. The quantitative estimate of drug-likeness (QED) is 0.757. The van der Waals surface area contributed by atoms with Gasteiger partial charge in [-0.2, -0.15) is 0 Å². The first kappa shape index (κ1) is 15.5. The van der Waals surface area contributed by atoms with Gasteiger partial charge in [-0.05, 0) is 48.5 Å². The molecule has 0 aliphatic heterocycles. The Kier molecular flexibility index (Phi) is 4.67. The number of benzene rings is 1. The van der Waals surface area contributed by atoms with Crippen molar-refractivity contribution in [3.63, 3.8) is 0 Å². The number of hydrogen-bond donors (Lipinski definition) is 2. The third-order valence-corrected chi connectivity index (χ3v) is 3.39. The van der Waals surface area contributed by atoms with Crippen molar-refractivity contribution in [2.75, 3.05) is 11.9 Å². The molecule has 0 aliphatic rings. The highest BCUT2D eigenvalue weighted by atomic mass is 16.2. The topological polar surface area (TPSA) is 76.0 Å². The Labute approximate surface area is 139 Å². The molecule has 0 unspecified atom stereocenters. The number of amides is 2. The maximum absolute atomic E-state index is 12.1. The van der Waals surface area contributed by atoms with Crippen LogP contribution in [0.3, 0.4) is 0 Å². The molecule has 0 aliphatic carbocycles. The normalized spacial score (nSPS) is 10.2. The van der Waals surface area contributed by atoms with Crippen molar-refractivity contribution in [1.82, 2.24) is 14.9 Å². The standard InChI is InChI=1S/C18H16N4O2/c23-17(21-15-4-3-9-19-12-15)13-20-18(24)14-5-7-16(8-6-14)22-10-1-2-11-22/h1-12H,13H2,(H,20,24)(H,21,23). The predicted octanol–water partition coefficient (Wildman–Crippen LogP) is 2.24. The molecular formula is C18H16N4O2. The summed E-state index contributed by atoms with van der Waals surface area (Å²) in [6.45, 7) is -0.104. The lowest BCUT2D eigenvalue weighted by Gasteiger charge is -2.08. The summed E-state index contributed by atoms with van der Waals surface area (Å²) in [7, 11) is 0. The van der Waals surface area contributed by atoms with Crippen LogP contribution in [0.5, 0.6) is 0 Å². The SMILES string of the molecule is O=C(CNC(=O)c1ccc(-n2cccc2)cc1)Nc1cccnc1. The van der Waals surface area contributed by atoms with Gasteiger partial charge in [0.1, 0.15) is 0 Å². The number of carbonyl (C=O) groups excluding carboxylic acids is 2. The molecule has 1 aromatic carbocycles. The molecule has 6 heteroatoms. The van der Waals surface area contributed by atoms with Crippen LogP contribution in [-0.4, -0.2) is 27.9 Å². The van der Waals surface area contributed by atoms with Crippen LogP contribution >= 0.6 is 0 Å². The van der Waals surface area contributed by atoms with Crippen LogP contribution in [0.1, 0.15) is 10.4 Å². The number of pyridine rings is 1. The summed E-state index contributed by atoms with van der Waals surface area (Å²) >= 11 is 0. The maximum atomic E-state index is 12.1. The smallest absolute Gasteiger partial charge is 0.251 e. The van der Waals surface area contributed by atoms with Crippen molar-refractivity contribution < 1.29 is 9.59 Å². The highest BCUT2D eigenvalue weighted by Gasteiger charge is 2.08. The Morgan fingerprint density at radius 3 is 2.42 bits per heavy atom. The van der Waals surface area contributed by atoms with Gasteiger partial charge < -0.3 is 15.2 Å². The van der Waals surface area contributed by atoms with Gasteiger partial charge in [0.25, 0.3) is 5.91 Å². The highest BCUT2D eigenvalue weighted by molar-refractivity contribution is 5.99. The molecule has 6 nitrogen and oxygen atoms in total. The lowest BCUT2D eigenvalue weighted by Crippen LogP contribution is -2.32. The van der Waals surface area contributed by atoms with E-state index in [0.29, 0.717) is 11.3 Å². The van der Waals surface area contributed by atoms with Gasteiger partial charge in [-0.25, -0.2) is 0 Å². The maximum Gasteiger partial charge on any atom is 0.251 e. The molecule has 0 fully saturated rings. The van der Waals surface area contributed by atoms with E-state index < -0.39 is 0 Å². The number of nitrogens with one attached hydrogen (secondary N) is 2. The Balaban J connectivity index is 1.54. The van der Waals surface area contributed by atoms with E-state index >= 15 is 0 Å². The average molecular weight is 320 g/mol. The average Bonchev–Trinajstić information content (AvgIpc) is 3.15. The summed E-state index contributed by atoms with van der Waals surface area (Å²) in [5.41, 5.74) is 2.05. The van der Waals surface area contributed by atoms with Gasteiger partial charge in [0.2, 0.25) is 5.91 Å². The van der Waals surface area contributed by atoms with Gasteiger partial charge in [-0.3, -0.25) is 14.6 Å². The van der Waals surface area contributed by atoms with Crippen molar-refractivity contribution in [3.8, 4) is 5.69 Å². The molecular weight excluding hydrogens is 304 g/mol. The van der Waals surface area contributed by atoms with Gasteiger partial charge in [0.15, 0.2) is 0 Å². The molecule has 3 aromatic rings. The molecule has 120 valence electrons. The number of aromatic nitrogens is 2. The van der Waals surface area contributed by atoms with Gasteiger partial charge in [-0.1, -0.05) is 0 Å². The van der Waals surface area contributed by atoms with E-state index in [4.69, 9.17) is 0 Å². The van der Waals surface area contributed by atoms with Gasteiger partial charge in [0.05, 0.1) is 18.4 Å². The second-order valence-corrected chi connectivity index (χ2v) is 5.11. The Morgan fingerprint density at radius 2 is 1.75 bits per heavy atom. The van der Waals surface area contributed by atoms with E-state index in [-0.39, 0.29) is 18.4 Å². The number of nitrogens with zero attached hydrogens (tertiary/aromatic N) is 2. The van der Waals surface area contributed by atoms with Crippen LogP contribution in [0.25, 0.3) is 5.69 Å². The summed E-state index contributed by atoms with van der Waals surface area (Å²) in [6, 6.07) is 14.5. The third kappa shape index (κ3) is 3.86. The fourth-order valence-electron chi connectivity index (χ4n) is 2.20. The molecule has 0 bridgehead atoms. The first-order valence-electron chi connectivity index (χ1n) is 7.44. The highest BCUT2D eigenvalue weighted by Crippen LogP contribution is 2.10. The lowest BCUT2D eigenvalue weighted by atomic mass is 10.2. The van der Waals surface area contributed by atoms with Crippen LogP contribution in [0.4, 0.5) is 5.69 Å². The fourth-order valence-corrected chi connectivity index (χ4v) is 2.20. The largest absolute Gasteiger partial charge is 0.343 e. The summed E-state index contributed by atoms with van der Waals surface area (Å²) < 4.78 is 1.95. The molecule has 2 aromatic heterocycles. The van der Waals surface area contributed by atoms with E-state index in [2.05, 4.69) is 15.6 Å². The summed E-state index contributed by atoms with van der Waals surface area (Å²) in [4.78, 5) is 27.8. The van der Waals surface area contributed by atoms with E-state index in [1.807, 2.05) is 41.2 Å². The molecule has 2 heterocycles. The van der Waals surface area contributed by atoms with Crippen molar-refractivity contribution >= 4 is 17.5 Å². The molecule has 0 saturated carbocycles. The first-order valence-corrected chi connectivity index (χ1v) is 7.44. The predicted molar refractivity (Wildman–Crippen MR) is 91.0 cm³/mol. The van der Waals surface area contributed by atoms with Gasteiger partial charge in [0, 0.05) is 29.8 Å². The van der Waals surface area contributed by atoms with E-state index in [9.17, 15) is 9.59 Å². The summed E-state index contributed by atoms with van der Waals surface area (Å²) in [5.74, 6) is -0.601. The Bertz CT molecular complexity index is 812. The lowest BCUT2D eigenvalue weighted by molar-refractivity contribution is -0.115. The number of rotatable bonds is 5. The van der Waals surface area contributed by atoms with Gasteiger partial charge >= 0.3 is 0 Å². The zero-order valence-electron chi connectivity index (χ0n) is 12.8. The van der Waals surface area contributed by atoms with Crippen molar-refractivity contribution in [3.05, 3.63) is 78.9 Å². The van der Waals surface area contributed by atoms with Crippen molar-refractivity contribution in [2.45, 2.75) is 0 Å². The van der Waals surface area contributed by atoms with E-state index in [1.54, 1.807) is 36.7 Å². The molecule has 0 atom stereocenters. The second-order valence-electron chi connectivity index (χ2n) is 5.11. The van der Waals surface area contributed by atoms with Crippen LogP contribution in [0, 0.1) is 0 Å². The van der Waals surface area contributed by atoms with Crippen LogP contribution in [0.15, 0.2) is 73.3 Å². The first-order chi connectivity index (χ1) is 11.7. The fraction of sp³-hybridized carbons (Fsp3) is 0.0556. The molecule has 24 heavy (non-hydrogen) atoms. The van der Waals surface area contributed by atoms with Crippen LogP contribution in [0.2, 0.25) is 0 Å². The molecule has 0 spiro atoms. The van der Waals surface area contributed by atoms with Gasteiger partial charge in [-0.15, -0.1) is 0 Å². The van der Waals surface area contributed by atoms with Crippen LogP contribution < -0.4 is 10.6 Å². The molecule has 3 rings (SSSR count). The molecule has 0 saturated heterocycles. The number of carbonyl (C=O) groups is 2. The Hall–Kier alpha value is -3.41. The zero-order valence-corrected chi connectivity index (χ0v) is 12.8. The second kappa shape index (κ2) is 7.23. The third-order valence-electron chi connectivity index (χ3n) is 3.39. The van der Waals surface area contributed by atoms with Crippen molar-refractivity contribution in [2.24, 2.45) is 0 Å². The molecule has 2 amide bonds. The van der Waals surface area contributed by atoms with Crippen molar-refractivity contribution in [1.29, 1.82) is 0 Å². The van der Waals surface area contributed by atoms with Crippen LogP contribution in [-0.2, 0) is 4.79 Å². The molecule has 0 radical (unpaired) electrons. The summed E-state index contributed by atoms with van der Waals surface area (Å²) in [6.07, 6.45) is 7.02. The molecule has 2 N–H and O–H groups in total. The number of hydrogen-bond acceptors (Lipinski definition) is 3. The minimum Gasteiger partial charge on any atom is -0.343 e. The monoisotopic (exact) mass is 320 g/mol. The number of anilines is 1. The minimum atomic E-state index is -0.305. The van der Waals surface area contributed by atoms with E-state index in [0.717, 1.165) is 5.69 Å². The Morgan fingerprint density at radius 1 is 1.00 bits per heavy atom.